The molecule has 0 aliphatic carbocycles. The molecule has 0 saturated carbocycles. The average Bonchev–Trinajstić information content (AvgIpc) is 3.37. The molecule has 1 unspecified atom stereocenters. The van der Waals surface area contributed by atoms with Crippen LogP contribution in [0.4, 0.5) is 0 Å². The number of hydrogen-bond donors (Lipinski definition) is 0. The van der Waals surface area contributed by atoms with Gasteiger partial charge in [-0.05, 0) is 50.1 Å². The Balaban J connectivity index is 1.68. The zero-order chi connectivity index (χ0) is 19.5. The van der Waals surface area contributed by atoms with E-state index in [9.17, 15) is 4.79 Å². The van der Waals surface area contributed by atoms with Crippen molar-refractivity contribution in [3.8, 4) is 17.1 Å². The number of carbonyl (C=O) groups is 1. The molecule has 0 N–H and O–H groups in total. The van der Waals surface area contributed by atoms with Gasteiger partial charge in [0, 0.05) is 30.8 Å². The van der Waals surface area contributed by atoms with Gasteiger partial charge in [0.25, 0.3) is 5.91 Å². The highest BCUT2D eigenvalue weighted by Gasteiger charge is 2.27. The van der Waals surface area contributed by atoms with Gasteiger partial charge in [-0.15, -0.1) is 0 Å². The monoisotopic (exact) mass is 399 g/mol. The molecule has 146 valence electrons. The quantitative estimate of drug-likeness (QED) is 0.636. The number of amides is 1. The van der Waals surface area contributed by atoms with Crippen LogP contribution in [0.5, 0.6) is 0 Å². The minimum atomic E-state index is -0.0991. The Labute approximate surface area is 168 Å². The first-order valence-electron chi connectivity index (χ1n) is 9.46. The van der Waals surface area contributed by atoms with E-state index in [0.717, 1.165) is 18.5 Å². The van der Waals surface area contributed by atoms with Crippen LogP contribution in [0.3, 0.4) is 0 Å². The Hall–Kier alpha value is -2.57. The number of aromatic nitrogens is 2. The second-order valence-electron chi connectivity index (χ2n) is 6.75. The molecule has 1 saturated heterocycles. The summed E-state index contributed by atoms with van der Waals surface area (Å²) < 4.78 is 13.0. The molecule has 7 heteroatoms. The lowest BCUT2D eigenvalue weighted by Crippen LogP contribution is -2.43. The highest BCUT2D eigenvalue weighted by Crippen LogP contribution is 2.27. The van der Waals surface area contributed by atoms with Crippen molar-refractivity contribution in [1.82, 2.24) is 14.7 Å². The molecule has 1 aliphatic rings. The molecule has 1 amide bonds. The SMILES string of the molecule is CCOC1CCCN(C(=O)c2cc(-c3ccco3)n(-c3cccc(Cl)c3)n2)C1. The first-order chi connectivity index (χ1) is 13.7. The lowest BCUT2D eigenvalue weighted by atomic mass is 10.1. The van der Waals surface area contributed by atoms with Crippen molar-refractivity contribution in [3.63, 3.8) is 0 Å². The van der Waals surface area contributed by atoms with Crippen LogP contribution < -0.4 is 0 Å². The number of nitrogens with zero attached hydrogens (tertiary/aromatic N) is 3. The van der Waals surface area contributed by atoms with Gasteiger partial charge in [0.15, 0.2) is 11.5 Å². The molecule has 0 spiro atoms. The van der Waals surface area contributed by atoms with Crippen LogP contribution >= 0.6 is 11.6 Å². The molecule has 0 bridgehead atoms. The molecule has 6 nitrogen and oxygen atoms in total. The Bertz CT molecular complexity index is 950. The van der Waals surface area contributed by atoms with Crippen molar-refractivity contribution >= 4 is 17.5 Å². The second kappa shape index (κ2) is 8.20. The maximum Gasteiger partial charge on any atom is 0.274 e. The third kappa shape index (κ3) is 3.84. The molecule has 3 aromatic rings. The van der Waals surface area contributed by atoms with E-state index in [2.05, 4.69) is 5.10 Å². The fourth-order valence-electron chi connectivity index (χ4n) is 3.55. The van der Waals surface area contributed by atoms with Crippen LogP contribution in [0.2, 0.25) is 5.02 Å². The van der Waals surface area contributed by atoms with E-state index in [1.807, 2.05) is 36.1 Å². The fourth-order valence-corrected chi connectivity index (χ4v) is 3.73. The van der Waals surface area contributed by atoms with E-state index in [1.54, 1.807) is 29.1 Å². The standard InChI is InChI=1S/C21H22ClN3O3/c1-2-27-17-8-4-10-24(14-17)21(26)18-13-19(20-9-5-11-28-20)25(23-18)16-7-3-6-15(22)12-16/h3,5-7,9,11-13,17H,2,4,8,10,14H2,1H3. The van der Waals surface area contributed by atoms with E-state index < -0.39 is 0 Å². The summed E-state index contributed by atoms with van der Waals surface area (Å²) in [7, 11) is 0. The van der Waals surface area contributed by atoms with Crippen LogP contribution in [0.1, 0.15) is 30.3 Å². The molecule has 1 aromatic carbocycles. The van der Waals surface area contributed by atoms with Gasteiger partial charge in [0.1, 0.15) is 5.69 Å². The molecule has 3 heterocycles. The molecule has 2 aromatic heterocycles. The molecule has 28 heavy (non-hydrogen) atoms. The predicted molar refractivity (Wildman–Crippen MR) is 107 cm³/mol. The van der Waals surface area contributed by atoms with Crippen LogP contribution in [0, 0.1) is 0 Å². The Kier molecular flexibility index (Phi) is 5.50. The minimum absolute atomic E-state index is 0.0854. The number of benzene rings is 1. The minimum Gasteiger partial charge on any atom is -0.463 e. The summed E-state index contributed by atoms with van der Waals surface area (Å²) in [4.78, 5) is 14.9. The number of furan rings is 1. The van der Waals surface area contributed by atoms with Gasteiger partial charge in [-0.1, -0.05) is 17.7 Å². The fraction of sp³-hybridized carbons (Fsp3) is 0.333. The van der Waals surface area contributed by atoms with Gasteiger partial charge in [-0.2, -0.15) is 5.10 Å². The number of halogens is 1. The Morgan fingerprint density at radius 1 is 1.32 bits per heavy atom. The van der Waals surface area contributed by atoms with Crippen molar-refractivity contribution in [3.05, 3.63) is 59.4 Å². The van der Waals surface area contributed by atoms with E-state index in [-0.39, 0.29) is 12.0 Å². The van der Waals surface area contributed by atoms with Crippen molar-refractivity contribution in [2.24, 2.45) is 0 Å². The van der Waals surface area contributed by atoms with Gasteiger partial charge in [-0.3, -0.25) is 4.79 Å². The van der Waals surface area contributed by atoms with Crippen LogP contribution in [0.15, 0.2) is 53.1 Å². The largest absolute Gasteiger partial charge is 0.463 e. The summed E-state index contributed by atoms with van der Waals surface area (Å²) in [5, 5.41) is 5.19. The van der Waals surface area contributed by atoms with Crippen molar-refractivity contribution < 1.29 is 13.9 Å². The van der Waals surface area contributed by atoms with Gasteiger partial charge >= 0.3 is 0 Å². The second-order valence-corrected chi connectivity index (χ2v) is 7.19. The molecule has 1 aliphatic heterocycles. The highest BCUT2D eigenvalue weighted by atomic mass is 35.5. The molecule has 1 fully saturated rings. The third-order valence-corrected chi connectivity index (χ3v) is 5.06. The zero-order valence-electron chi connectivity index (χ0n) is 15.7. The molecule has 0 radical (unpaired) electrons. The lowest BCUT2D eigenvalue weighted by molar-refractivity contribution is 0.00702. The summed E-state index contributed by atoms with van der Waals surface area (Å²) >= 11 is 6.16. The summed E-state index contributed by atoms with van der Waals surface area (Å²) in [6, 6.07) is 12.8. The number of rotatable bonds is 5. The first-order valence-corrected chi connectivity index (χ1v) is 9.84. The number of ether oxygens (including phenoxy) is 1. The van der Waals surface area contributed by atoms with Crippen molar-refractivity contribution in [2.45, 2.75) is 25.9 Å². The maximum atomic E-state index is 13.1. The van der Waals surface area contributed by atoms with Crippen LogP contribution in [0.25, 0.3) is 17.1 Å². The first kappa shape index (κ1) is 18.8. The molecule has 4 rings (SSSR count). The molecular formula is C21H22ClN3O3. The van der Waals surface area contributed by atoms with Crippen LogP contribution in [-0.4, -0.2) is 46.4 Å². The number of carbonyl (C=O) groups excluding carboxylic acids is 1. The molecular weight excluding hydrogens is 378 g/mol. The average molecular weight is 400 g/mol. The van der Waals surface area contributed by atoms with E-state index in [1.165, 1.54) is 0 Å². The highest BCUT2D eigenvalue weighted by molar-refractivity contribution is 6.30. The van der Waals surface area contributed by atoms with Gasteiger partial charge < -0.3 is 14.1 Å². The summed E-state index contributed by atoms with van der Waals surface area (Å²) in [6.45, 7) is 3.93. The number of hydrogen-bond acceptors (Lipinski definition) is 4. The Morgan fingerprint density at radius 3 is 2.96 bits per heavy atom. The topological polar surface area (TPSA) is 60.5 Å². The van der Waals surface area contributed by atoms with Gasteiger partial charge in [-0.25, -0.2) is 4.68 Å². The van der Waals surface area contributed by atoms with E-state index in [4.69, 9.17) is 20.8 Å². The van der Waals surface area contributed by atoms with Gasteiger partial charge in [0.05, 0.1) is 18.1 Å². The summed E-state index contributed by atoms with van der Waals surface area (Å²) in [5.74, 6) is 0.537. The smallest absolute Gasteiger partial charge is 0.274 e. The predicted octanol–water partition coefficient (Wildman–Crippen LogP) is 4.43. The van der Waals surface area contributed by atoms with E-state index in [0.29, 0.717) is 41.9 Å². The number of likely N-dealkylation sites (tertiary alicyclic amines) is 1. The maximum absolute atomic E-state index is 13.1. The summed E-state index contributed by atoms with van der Waals surface area (Å²) in [5.41, 5.74) is 1.85. The lowest BCUT2D eigenvalue weighted by Gasteiger charge is -2.32. The molecule has 1 atom stereocenters. The van der Waals surface area contributed by atoms with Crippen molar-refractivity contribution in [2.75, 3.05) is 19.7 Å². The van der Waals surface area contributed by atoms with Crippen molar-refractivity contribution in [1.29, 1.82) is 0 Å². The summed E-state index contributed by atoms with van der Waals surface area (Å²) in [6.07, 6.45) is 3.59. The van der Waals surface area contributed by atoms with E-state index >= 15 is 0 Å². The third-order valence-electron chi connectivity index (χ3n) is 4.82. The zero-order valence-corrected chi connectivity index (χ0v) is 16.4. The van der Waals surface area contributed by atoms with Gasteiger partial charge in [0.2, 0.25) is 0 Å². The normalized spacial score (nSPS) is 17.1. The van der Waals surface area contributed by atoms with Crippen LogP contribution in [-0.2, 0) is 4.74 Å². The number of piperidine rings is 1. The Morgan fingerprint density at radius 2 is 2.21 bits per heavy atom.